The number of hydrogen-bond donors (Lipinski definition) is 3. The summed E-state index contributed by atoms with van der Waals surface area (Å²) in [5.74, 6) is 5.47. The molecular weight excluding hydrogens is 288 g/mol. The van der Waals surface area contributed by atoms with E-state index < -0.39 is 6.29 Å². The predicted octanol–water partition coefficient (Wildman–Crippen LogP) is 2.15. The highest BCUT2D eigenvalue weighted by Gasteiger charge is 2.31. The Morgan fingerprint density at radius 1 is 1.19 bits per heavy atom. The maximum absolute atomic E-state index is 12.6. The van der Waals surface area contributed by atoms with Gasteiger partial charge in [0, 0.05) is 10.7 Å². The fourth-order valence-corrected chi connectivity index (χ4v) is 2.59. The third-order valence-corrected chi connectivity index (χ3v) is 3.85. The van der Waals surface area contributed by atoms with E-state index in [9.17, 15) is 4.79 Å². The average molecular weight is 303 g/mol. The van der Waals surface area contributed by atoms with Crippen LogP contribution in [-0.4, -0.2) is 17.1 Å². The van der Waals surface area contributed by atoms with Crippen LogP contribution in [0, 0.1) is 0 Å². The topological polar surface area (TPSA) is 70.4 Å². The van der Waals surface area contributed by atoms with Gasteiger partial charge in [0.25, 0.3) is 5.91 Å². The zero-order valence-electron chi connectivity index (χ0n) is 11.2. The molecule has 2 aromatic rings. The molecule has 0 fully saturated rings. The van der Waals surface area contributed by atoms with Gasteiger partial charge in [0.1, 0.15) is 0 Å². The molecule has 1 aliphatic heterocycles. The van der Waals surface area contributed by atoms with Gasteiger partial charge in [-0.3, -0.25) is 15.5 Å². The molecule has 1 atom stereocenters. The van der Waals surface area contributed by atoms with E-state index in [0.717, 1.165) is 11.3 Å². The summed E-state index contributed by atoms with van der Waals surface area (Å²) < 4.78 is 0. The van der Waals surface area contributed by atoms with Gasteiger partial charge in [-0.2, -0.15) is 0 Å². The molecule has 108 valence electrons. The monoisotopic (exact) mass is 302 g/mol. The van der Waals surface area contributed by atoms with Crippen LogP contribution in [0.4, 0.5) is 5.69 Å². The molecule has 0 saturated heterocycles. The molecule has 5 nitrogen and oxygen atoms in total. The van der Waals surface area contributed by atoms with Crippen LogP contribution in [0.1, 0.15) is 15.9 Å². The fraction of sp³-hybridized carbons (Fsp3) is 0.133. The van der Waals surface area contributed by atoms with Crippen molar-refractivity contribution in [3.8, 4) is 0 Å². The number of nitrogens with zero attached hydrogens (tertiary/aromatic N) is 1. The summed E-state index contributed by atoms with van der Waals surface area (Å²) in [6, 6.07) is 14.8. The van der Waals surface area contributed by atoms with Crippen LogP contribution in [0.5, 0.6) is 0 Å². The third-order valence-electron chi connectivity index (χ3n) is 3.48. The molecule has 3 rings (SSSR count). The summed E-state index contributed by atoms with van der Waals surface area (Å²) in [5, 5.41) is 3.82. The maximum atomic E-state index is 12.6. The fourth-order valence-electron chi connectivity index (χ4n) is 2.40. The second-order valence-corrected chi connectivity index (χ2v) is 5.19. The van der Waals surface area contributed by atoms with Gasteiger partial charge in [0.15, 0.2) is 6.29 Å². The van der Waals surface area contributed by atoms with E-state index in [-0.39, 0.29) is 5.91 Å². The number of hydrazine groups is 1. The lowest BCUT2D eigenvalue weighted by molar-refractivity contribution is 0.0634. The Kier molecular flexibility index (Phi) is 3.79. The number of hydrogen-bond acceptors (Lipinski definition) is 4. The minimum atomic E-state index is -0.483. The molecule has 0 radical (unpaired) electrons. The molecule has 1 unspecified atom stereocenters. The molecule has 0 spiro atoms. The predicted molar refractivity (Wildman–Crippen MR) is 82.5 cm³/mol. The van der Waals surface area contributed by atoms with Gasteiger partial charge in [0.2, 0.25) is 0 Å². The standard InChI is InChI=1S/C15H15ClN4O/c16-12-7-3-1-5-10(12)9-20-14(21)11-6-2-4-8-13(11)18-15(20)19-17/h1-8,15,18-19H,9,17H2. The number of carbonyl (C=O) groups is 1. The summed E-state index contributed by atoms with van der Waals surface area (Å²) in [5.41, 5.74) is 4.87. The van der Waals surface area contributed by atoms with Crippen molar-refractivity contribution < 1.29 is 4.79 Å². The molecular formula is C15H15ClN4O. The summed E-state index contributed by atoms with van der Waals surface area (Å²) in [4.78, 5) is 14.3. The zero-order valence-corrected chi connectivity index (χ0v) is 12.0. The zero-order chi connectivity index (χ0) is 14.8. The summed E-state index contributed by atoms with van der Waals surface area (Å²) in [6.45, 7) is 0.370. The molecule has 6 heteroatoms. The van der Waals surface area contributed by atoms with Crippen molar-refractivity contribution in [2.75, 3.05) is 5.32 Å². The Hall–Kier alpha value is -2.08. The average Bonchev–Trinajstić information content (AvgIpc) is 2.52. The van der Waals surface area contributed by atoms with Gasteiger partial charge in [-0.05, 0) is 23.8 Å². The largest absolute Gasteiger partial charge is 0.351 e. The Balaban J connectivity index is 1.94. The first kappa shape index (κ1) is 13.9. The van der Waals surface area contributed by atoms with Gasteiger partial charge >= 0.3 is 0 Å². The summed E-state index contributed by atoms with van der Waals surface area (Å²) in [7, 11) is 0. The molecule has 0 bridgehead atoms. The van der Waals surface area contributed by atoms with Crippen molar-refractivity contribution >= 4 is 23.2 Å². The number of nitrogens with one attached hydrogen (secondary N) is 2. The number of rotatable bonds is 3. The second kappa shape index (κ2) is 5.73. The van der Waals surface area contributed by atoms with Crippen LogP contribution >= 0.6 is 11.6 Å². The molecule has 1 heterocycles. The minimum absolute atomic E-state index is 0.0905. The lowest BCUT2D eigenvalue weighted by Crippen LogP contribution is -2.58. The van der Waals surface area contributed by atoms with E-state index in [1.54, 1.807) is 17.0 Å². The smallest absolute Gasteiger partial charge is 0.258 e. The van der Waals surface area contributed by atoms with Crippen LogP contribution in [-0.2, 0) is 6.54 Å². The number of halogens is 1. The van der Waals surface area contributed by atoms with Gasteiger partial charge in [0.05, 0.1) is 12.1 Å². The Bertz CT molecular complexity index is 676. The number of carbonyl (C=O) groups excluding carboxylic acids is 1. The van der Waals surface area contributed by atoms with Crippen LogP contribution in [0.15, 0.2) is 48.5 Å². The normalized spacial score (nSPS) is 17.3. The number of nitrogens with two attached hydrogens (primary N) is 1. The quantitative estimate of drug-likeness (QED) is 0.600. The van der Waals surface area contributed by atoms with Crippen molar-refractivity contribution in [1.29, 1.82) is 0 Å². The molecule has 0 aliphatic carbocycles. The highest BCUT2D eigenvalue weighted by atomic mass is 35.5. The molecule has 4 N–H and O–H groups in total. The number of benzene rings is 2. The van der Waals surface area contributed by atoms with E-state index in [1.807, 2.05) is 36.4 Å². The van der Waals surface area contributed by atoms with Crippen molar-refractivity contribution in [3.05, 3.63) is 64.7 Å². The van der Waals surface area contributed by atoms with Crippen molar-refractivity contribution in [2.24, 2.45) is 5.84 Å². The third kappa shape index (κ3) is 2.58. The maximum Gasteiger partial charge on any atom is 0.258 e. The van der Waals surface area contributed by atoms with Crippen molar-refractivity contribution in [1.82, 2.24) is 10.3 Å². The van der Waals surface area contributed by atoms with Gasteiger partial charge in [-0.15, -0.1) is 0 Å². The number of para-hydroxylation sites is 1. The molecule has 1 amide bonds. The van der Waals surface area contributed by atoms with E-state index in [1.165, 1.54) is 0 Å². The van der Waals surface area contributed by atoms with Crippen LogP contribution < -0.4 is 16.6 Å². The summed E-state index contributed by atoms with van der Waals surface area (Å²) >= 11 is 6.17. The Morgan fingerprint density at radius 3 is 2.67 bits per heavy atom. The Labute approximate surface area is 127 Å². The van der Waals surface area contributed by atoms with Gasteiger partial charge in [-0.1, -0.05) is 41.9 Å². The van der Waals surface area contributed by atoms with Crippen molar-refractivity contribution in [2.45, 2.75) is 12.8 Å². The SMILES string of the molecule is NNC1Nc2ccccc2C(=O)N1Cc1ccccc1Cl. The lowest BCUT2D eigenvalue weighted by Gasteiger charge is -2.37. The molecule has 0 aromatic heterocycles. The first-order valence-electron chi connectivity index (χ1n) is 6.57. The Morgan fingerprint density at radius 2 is 1.90 bits per heavy atom. The number of anilines is 1. The van der Waals surface area contributed by atoms with E-state index in [0.29, 0.717) is 17.1 Å². The van der Waals surface area contributed by atoms with Crippen molar-refractivity contribution in [3.63, 3.8) is 0 Å². The van der Waals surface area contributed by atoms with E-state index in [2.05, 4.69) is 10.7 Å². The van der Waals surface area contributed by atoms with Gasteiger partial charge in [-0.25, -0.2) is 5.43 Å². The minimum Gasteiger partial charge on any atom is -0.351 e. The van der Waals surface area contributed by atoms with Crippen LogP contribution in [0.3, 0.4) is 0 Å². The molecule has 1 aliphatic rings. The highest BCUT2D eigenvalue weighted by Crippen LogP contribution is 2.26. The number of amides is 1. The van der Waals surface area contributed by atoms with E-state index >= 15 is 0 Å². The molecule has 0 saturated carbocycles. The van der Waals surface area contributed by atoms with Gasteiger partial charge < -0.3 is 5.32 Å². The number of fused-ring (bicyclic) bond motifs is 1. The lowest BCUT2D eigenvalue weighted by atomic mass is 10.1. The summed E-state index contributed by atoms with van der Waals surface area (Å²) in [6.07, 6.45) is -0.483. The van der Waals surface area contributed by atoms with E-state index in [4.69, 9.17) is 17.4 Å². The second-order valence-electron chi connectivity index (χ2n) is 4.78. The molecule has 2 aromatic carbocycles. The first-order valence-corrected chi connectivity index (χ1v) is 6.94. The highest BCUT2D eigenvalue weighted by molar-refractivity contribution is 6.31. The molecule has 21 heavy (non-hydrogen) atoms. The van der Waals surface area contributed by atoms with Crippen LogP contribution in [0.25, 0.3) is 0 Å². The van der Waals surface area contributed by atoms with Crippen LogP contribution in [0.2, 0.25) is 5.02 Å². The first-order chi connectivity index (χ1) is 10.2.